The van der Waals surface area contributed by atoms with E-state index >= 15 is 0 Å². The van der Waals surface area contributed by atoms with Crippen molar-refractivity contribution in [3.8, 4) is 17.1 Å². The van der Waals surface area contributed by atoms with Crippen LogP contribution in [-0.2, 0) is 0 Å². The number of likely N-dealkylation sites (tertiary alicyclic amines) is 1. The van der Waals surface area contributed by atoms with Crippen LogP contribution < -0.4 is 0 Å². The van der Waals surface area contributed by atoms with Crippen LogP contribution in [0, 0.1) is 13.8 Å². The third-order valence-corrected chi connectivity index (χ3v) is 6.19. The number of amides is 1. The van der Waals surface area contributed by atoms with Crippen molar-refractivity contribution in [3.63, 3.8) is 0 Å². The van der Waals surface area contributed by atoms with E-state index in [1.54, 1.807) is 17.3 Å². The number of nitrogens with zero attached hydrogens (tertiary/aromatic N) is 6. The number of hydrogen-bond donors (Lipinski definition) is 0. The van der Waals surface area contributed by atoms with Crippen molar-refractivity contribution in [2.24, 2.45) is 0 Å². The van der Waals surface area contributed by atoms with Crippen LogP contribution in [0.3, 0.4) is 0 Å². The highest BCUT2D eigenvalue weighted by Crippen LogP contribution is 2.35. The van der Waals surface area contributed by atoms with Gasteiger partial charge in [0.05, 0.1) is 28.7 Å². The Morgan fingerprint density at radius 1 is 1.16 bits per heavy atom. The lowest BCUT2D eigenvalue weighted by molar-refractivity contribution is 0.0709. The molecule has 162 valence electrons. The van der Waals surface area contributed by atoms with Crippen LogP contribution in [0.1, 0.15) is 46.3 Å². The molecule has 0 aliphatic carbocycles. The lowest BCUT2D eigenvalue weighted by atomic mass is 10.1. The molecule has 0 N–H and O–H groups in total. The zero-order valence-corrected chi connectivity index (χ0v) is 18.5. The molecule has 2 aromatic carbocycles. The van der Waals surface area contributed by atoms with Crippen molar-refractivity contribution in [1.29, 1.82) is 0 Å². The Kier molecular flexibility index (Phi) is 5.22. The minimum Gasteiger partial charge on any atom is -0.337 e. The summed E-state index contributed by atoms with van der Waals surface area (Å²) in [5.74, 6) is 0.719. The van der Waals surface area contributed by atoms with E-state index in [4.69, 9.17) is 16.1 Å². The lowest BCUT2D eigenvalue weighted by Gasteiger charge is -2.23. The summed E-state index contributed by atoms with van der Waals surface area (Å²) in [4.78, 5) is 21.5. The molecule has 0 bridgehead atoms. The average molecular weight is 449 g/mol. The molecule has 5 rings (SSSR count). The van der Waals surface area contributed by atoms with Crippen molar-refractivity contribution >= 4 is 17.5 Å². The highest BCUT2D eigenvalue weighted by molar-refractivity contribution is 6.33. The molecule has 1 unspecified atom stereocenters. The lowest BCUT2D eigenvalue weighted by Crippen LogP contribution is -2.31. The summed E-state index contributed by atoms with van der Waals surface area (Å²) in [6, 6.07) is 11.1. The van der Waals surface area contributed by atoms with Gasteiger partial charge in [-0.1, -0.05) is 40.5 Å². The summed E-state index contributed by atoms with van der Waals surface area (Å²) in [5.41, 5.74) is 3.80. The maximum atomic E-state index is 13.6. The quantitative estimate of drug-likeness (QED) is 0.454. The van der Waals surface area contributed by atoms with Gasteiger partial charge in [-0.05, 0) is 50.5 Å². The van der Waals surface area contributed by atoms with Crippen LogP contribution >= 0.6 is 11.6 Å². The number of aromatic nitrogens is 5. The second-order valence-corrected chi connectivity index (χ2v) is 8.27. The van der Waals surface area contributed by atoms with Crippen LogP contribution in [-0.4, -0.2) is 42.5 Å². The number of hydrogen-bond acceptors (Lipinski definition) is 6. The van der Waals surface area contributed by atoms with Gasteiger partial charge in [0, 0.05) is 12.1 Å². The second-order valence-electron chi connectivity index (χ2n) is 7.89. The van der Waals surface area contributed by atoms with Crippen molar-refractivity contribution in [1.82, 2.24) is 30.0 Å². The van der Waals surface area contributed by atoms with Gasteiger partial charge >= 0.3 is 0 Å². The summed E-state index contributed by atoms with van der Waals surface area (Å²) >= 11 is 6.44. The highest BCUT2D eigenvalue weighted by atomic mass is 35.5. The van der Waals surface area contributed by atoms with Crippen molar-refractivity contribution < 1.29 is 9.32 Å². The van der Waals surface area contributed by atoms with Crippen molar-refractivity contribution in [3.05, 3.63) is 76.4 Å². The van der Waals surface area contributed by atoms with Crippen molar-refractivity contribution in [2.45, 2.75) is 32.7 Å². The Balaban J connectivity index is 1.48. The largest absolute Gasteiger partial charge is 0.337 e. The molecule has 8 nitrogen and oxygen atoms in total. The smallest absolute Gasteiger partial charge is 0.256 e. The second kappa shape index (κ2) is 8.20. The summed E-state index contributed by atoms with van der Waals surface area (Å²) < 4.78 is 5.60. The Morgan fingerprint density at radius 3 is 2.78 bits per heavy atom. The Hall–Kier alpha value is -3.52. The molecule has 1 aliphatic heterocycles. The van der Waals surface area contributed by atoms with Gasteiger partial charge in [-0.25, -0.2) is 0 Å². The molecule has 1 aliphatic rings. The fourth-order valence-electron chi connectivity index (χ4n) is 4.06. The van der Waals surface area contributed by atoms with Gasteiger partial charge < -0.3 is 9.42 Å². The van der Waals surface area contributed by atoms with Gasteiger partial charge in [-0.15, -0.1) is 0 Å². The first-order valence-corrected chi connectivity index (χ1v) is 10.8. The summed E-state index contributed by atoms with van der Waals surface area (Å²) in [7, 11) is 0. The number of carbonyl (C=O) groups is 1. The van der Waals surface area contributed by atoms with E-state index in [0.29, 0.717) is 40.1 Å². The van der Waals surface area contributed by atoms with E-state index in [1.165, 1.54) is 4.80 Å². The van der Waals surface area contributed by atoms with Crippen LogP contribution in [0.2, 0.25) is 5.02 Å². The van der Waals surface area contributed by atoms with Crippen LogP contribution in [0.25, 0.3) is 17.1 Å². The minimum absolute atomic E-state index is 0.114. The van der Waals surface area contributed by atoms with Gasteiger partial charge in [0.1, 0.15) is 6.04 Å². The summed E-state index contributed by atoms with van der Waals surface area (Å²) in [6.07, 6.45) is 4.77. The molecule has 32 heavy (non-hydrogen) atoms. The maximum Gasteiger partial charge on any atom is 0.256 e. The van der Waals surface area contributed by atoms with Crippen LogP contribution in [0.4, 0.5) is 0 Å². The Morgan fingerprint density at radius 2 is 1.97 bits per heavy atom. The maximum absolute atomic E-state index is 13.6. The first-order chi connectivity index (χ1) is 15.5. The number of halogens is 1. The number of benzene rings is 2. The van der Waals surface area contributed by atoms with Crippen LogP contribution in [0.15, 0.2) is 53.3 Å². The molecular formula is C23H21ClN6O2. The van der Waals surface area contributed by atoms with Gasteiger partial charge in [0.15, 0.2) is 0 Å². The standard InChI is InChI=1S/C23H21ClN6O2/c1-14-8-9-18(30-25-10-11-26-30)17(13-14)23(31)29-12-4-7-19(29)22-27-21(28-32-22)16-6-3-5-15(2)20(16)24/h3,5-6,8-11,13,19H,4,7,12H2,1-2H3. The van der Waals surface area contributed by atoms with Gasteiger partial charge in [0.25, 0.3) is 5.91 Å². The highest BCUT2D eigenvalue weighted by Gasteiger charge is 2.36. The summed E-state index contributed by atoms with van der Waals surface area (Å²) in [6.45, 7) is 4.48. The van der Waals surface area contributed by atoms with E-state index in [-0.39, 0.29) is 11.9 Å². The van der Waals surface area contributed by atoms with Gasteiger partial charge in [0.2, 0.25) is 11.7 Å². The number of aryl methyl sites for hydroxylation is 2. The monoisotopic (exact) mass is 448 g/mol. The topological polar surface area (TPSA) is 89.9 Å². The molecule has 4 aromatic rings. The third-order valence-electron chi connectivity index (χ3n) is 5.69. The molecule has 0 saturated carbocycles. The Bertz CT molecular complexity index is 1280. The molecule has 0 spiro atoms. The molecular weight excluding hydrogens is 428 g/mol. The third kappa shape index (κ3) is 3.56. The first-order valence-electron chi connectivity index (χ1n) is 10.4. The Labute approximate surface area is 189 Å². The van der Waals surface area contributed by atoms with Gasteiger partial charge in [-0.2, -0.15) is 20.0 Å². The molecule has 0 radical (unpaired) electrons. The molecule has 3 heterocycles. The number of rotatable bonds is 4. The predicted octanol–water partition coefficient (Wildman–Crippen LogP) is 4.56. The normalized spacial score (nSPS) is 16.0. The summed E-state index contributed by atoms with van der Waals surface area (Å²) in [5, 5.41) is 13.1. The van der Waals surface area contributed by atoms with Crippen molar-refractivity contribution in [2.75, 3.05) is 6.54 Å². The van der Waals surface area contributed by atoms with Crippen LogP contribution in [0.5, 0.6) is 0 Å². The molecule has 1 atom stereocenters. The first kappa shape index (κ1) is 20.4. The molecule has 1 saturated heterocycles. The van der Waals surface area contributed by atoms with E-state index in [9.17, 15) is 4.79 Å². The predicted molar refractivity (Wildman–Crippen MR) is 119 cm³/mol. The van der Waals surface area contributed by atoms with E-state index < -0.39 is 0 Å². The molecule has 2 aromatic heterocycles. The average Bonchev–Trinajstić information content (AvgIpc) is 3.56. The van der Waals surface area contributed by atoms with E-state index in [0.717, 1.165) is 24.0 Å². The van der Waals surface area contributed by atoms with Gasteiger partial charge in [-0.3, -0.25) is 4.79 Å². The van der Waals surface area contributed by atoms with E-state index in [1.807, 2.05) is 50.2 Å². The molecule has 9 heteroatoms. The molecule has 1 fully saturated rings. The molecule has 1 amide bonds. The SMILES string of the molecule is Cc1ccc(-n2nccn2)c(C(=O)N2CCCC2c2nc(-c3cccc(C)c3Cl)no2)c1. The fourth-order valence-corrected chi connectivity index (χ4v) is 4.27. The minimum atomic E-state index is -0.300. The zero-order valence-electron chi connectivity index (χ0n) is 17.7. The van der Waals surface area contributed by atoms with E-state index in [2.05, 4.69) is 20.3 Å². The zero-order chi connectivity index (χ0) is 22.2. The number of carbonyl (C=O) groups excluding carboxylic acids is 1. The fraction of sp³-hybridized carbons (Fsp3) is 0.261.